The van der Waals surface area contributed by atoms with Crippen molar-refractivity contribution in [3.8, 4) is 11.3 Å². The molecule has 0 spiro atoms. The van der Waals surface area contributed by atoms with Crippen LogP contribution in [0.5, 0.6) is 0 Å². The topological polar surface area (TPSA) is 105 Å². The summed E-state index contributed by atoms with van der Waals surface area (Å²) in [4.78, 5) is 35.1. The van der Waals surface area contributed by atoms with Crippen molar-refractivity contribution in [3.05, 3.63) is 40.7 Å². The summed E-state index contributed by atoms with van der Waals surface area (Å²) >= 11 is 0. The van der Waals surface area contributed by atoms with Crippen molar-refractivity contribution in [3.63, 3.8) is 0 Å². The van der Waals surface area contributed by atoms with Gasteiger partial charge in [-0.05, 0) is 6.07 Å². The predicted octanol–water partition coefficient (Wildman–Crippen LogP) is 0.116. The van der Waals surface area contributed by atoms with E-state index in [1.54, 1.807) is 20.2 Å². The van der Waals surface area contributed by atoms with Crippen molar-refractivity contribution in [2.75, 3.05) is 19.8 Å². The first kappa shape index (κ1) is 12.7. The highest BCUT2D eigenvalue weighted by molar-refractivity contribution is 5.91. The molecule has 7 heteroatoms. The lowest BCUT2D eigenvalue weighted by molar-refractivity contribution is 0.0821. The number of nitrogens with zero attached hydrogens (tertiary/aromatic N) is 3. The molecule has 2 aromatic rings. The van der Waals surface area contributed by atoms with Crippen molar-refractivity contribution in [1.82, 2.24) is 19.9 Å². The van der Waals surface area contributed by atoms with Crippen molar-refractivity contribution in [1.29, 1.82) is 0 Å². The van der Waals surface area contributed by atoms with E-state index in [1.807, 2.05) is 0 Å². The number of carbonyl (C=O) groups excluding carboxylic acids is 1. The van der Waals surface area contributed by atoms with Crippen molar-refractivity contribution in [2.24, 2.45) is 0 Å². The van der Waals surface area contributed by atoms with E-state index in [-0.39, 0.29) is 22.8 Å². The normalized spacial score (nSPS) is 10.2. The van der Waals surface area contributed by atoms with Crippen LogP contribution in [0.3, 0.4) is 0 Å². The highest BCUT2D eigenvalue weighted by atomic mass is 16.2. The number of aromatic amines is 1. The Morgan fingerprint density at radius 2 is 2.05 bits per heavy atom. The molecule has 0 saturated heterocycles. The highest BCUT2D eigenvalue weighted by Crippen LogP contribution is 2.19. The second-order valence-electron chi connectivity index (χ2n) is 4.12. The van der Waals surface area contributed by atoms with Crippen LogP contribution < -0.4 is 11.3 Å². The highest BCUT2D eigenvalue weighted by Gasteiger charge is 2.12. The maximum Gasteiger partial charge on any atom is 0.273 e. The summed E-state index contributed by atoms with van der Waals surface area (Å²) in [6, 6.07) is 1.63. The second-order valence-corrected chi connectivity index (χ2v) is 4.12. The minimum Gasteiger partial charge on any atom is -0.394 e. The van der Waals surface area contributed by atoms with Crippen molar-refractivity contribution in [2.45, 2.75) is 0 Å². The minimum absolute atomic E-state index is 0.0727. The fourth-order valence-corrected chi connectivity index (χ4v) is 1.52. The number of carbonyl (C=O) groups is 1. The number of nitrogens with two attached hydrogens (primary N) is 1. The Labute approximate surface area is 109 Å². The number of pyridine rings is 1. The molecule has 0 aliphatic heterocycles. The average molecular weight is 259 g/mol. The molecule has 2 heterocycles. The molecule has 7 nitrogen and oxygen atoms in total. The number of anilines is 1. The molecule has 0 unspecified atom stereocenters. The zero-order valence-corrected chi connectivity index (χ0v) is 10.5. The second kappa shape index (κ2) is 4.89. The van der Waals surface area contributed by atoms with Gasteiger partial charge in [-0.3, -0.25) is 14.6 Å². The third-order valence-corrected chi connectivity index (χ3v) is 2.55. The van der Waals surface area contributed by atoms with E-state index in [9.17, 15) is 9.59 Å². The molecule has 19 heavy (non-hydrogen) atoms. The Morgan fingerprint density at radius 1 is 1.32 bits per heavy atom. The van der Waals surface area contributed by atoms with Crippen LogP contribution in [0.2, 0.25) is 0 Å². The number of H-pyrrole nitrogens is 1. The van der Waals surface area contributed by atoms with Crippen LogP contribution in [0.1, 0.15) is 10.5 Å². The van der Waals surface area contributed by atoms with Gasteiger partial charge < -0.3 is 15.6 Å². The Kier molecular flexibility index (Phi) is 3.28. The number of aromatic nitrogens is 3. The quantitative estimate of drug-likeness (QED) is 0.796. The molecule has 0 bridgehead atoms. The van der Waals surface area contributed by atoms with Crippen LogP contribution in [-0.2, 0) is 0 Å². The first-order chi connectivity index (χ1) is 9.00. The summed E-state index contributed by atoms with van der Waals surface area (Å²) in [5.41, 5.74) is 6.53. The van der Waals surface area contributed by atoms with Gasteiger partial charge in [0.25, 0.3) is 11.5 Å². The van der Waals surface area contributed by atoms with Crippen molar-refractivity contribution >= 4 is 11.6 Å². The predicted molar refractivity (Wildman–Crippen MR) is 70.5 cm³/mol. The number of nitrogens with one attached hydrogen (secondary N) is 1. The van der Waals surface area contributed by atoms with E-state index in [2.05, 4.69) is 15.0 Å². The van der Waals surface area contributed by atoms with E-state index in [4.69, 9.17) is 5.73 Å². The van der Waals surface area contributed by atoms with Gasteiger partial charge in [0.15, 0.2) is 0 Å². The van der Waals surface area contributed by atoms with Gasteiger partial charge >= 0.3 is 0 Å². The molecule has 98 valence electrons. The third kappa shape index (κ3) is 2.44. The summed E-state index contributed by atoms with van der Waals surface area (Å²) < 4.78 is 0. The lowest BCUT2D eigenvalue weighted by Crippen LogP contribution is -2.23. The van der Waals surface area contributed by atoms with Gasteiger partial charge in [-0.25, -0.2) is 4.98 Å². The lowest BCUT2D eigenvalue weighted by atomic mass is 10.1. The molecular formula is C12H13N5O2. The van der Waals surface area contributed by atoms with Crippen LogP contribution in [0.4, 0.5) is 5.69 Å². The number of nitrogen functional groups attached to an aromatic ring is 1. The summed E-state index contributed by atoms with van der Waals surface area (Å²) in [7, 11) is 3.26. The molecule has 0 saturated carbocycles. The first-order valence-corrected chi connectivity index (χ1v) is 5.52. The number of rotatable bonds is 2. The average Bonchev–Trinajstić information content (AvgIpc) is 2.41. The van der Waals surface area contributed by atoms with Gasteiger partial charge in [-0.15, -0.1) is 0 Å². The van der Waals surface area contributed by atoms with Gasteiger partial charge in [0, 0.05) is 25.9 Å². The molecule has 0 aliphatic carbocycles. The zero-order chi connectivity index (χ0) is 14.0. The van der Waals surface area contributed by atoms with Crippen LogP contribution >= 0.6 is 0 Å². The van der Waals surface area contributed by atoms with Gasteiger partial charge in [-0.2, -0.15) is 0 Å². The van der Waals surface area contributed by atoms with Crippen LogP contribution in [0, 0.1) is 0 Å². The SMILES string of the molecule is CN(C)C(=O)c1cnc(-c2cc[nH]c(=O)c2N)cn1. The monoisotopic (exact) mass is 259 g/mol. The van der Waals surface area contributed by atoms with E-state index in [0.29, 0.717) is 11.3 Å². The number of hydrogen-bond donors (Lipinski definition) is 2. The molecule has 0 fully saturated rings. The van der Waals surface area contributed by atoms with Crippen molar-refractivity contribution < 1.29 is 4.79 Å². The fourth-order valence-electron chi connectivity index (χ4n) is 1.52. The van der Waals surface area contributed by atoms with Crippen LogP contribution in [-0.4, -0.2) is 39.9 Å². The van der Waals surface area contributed by atoms with E-state index in [1.165, 1.54) is 23.5 Å². The maximum absolute atomic E-state index is 11.7. The van der Waals surface area contributed by atoms with Gasteiger partial charge in [0.2, 0.25) is 0 Å². The Morgan fingerprint density at radius 3 is 2.63 bits per heavy atom. The third-order valence-electron chi connectivity index (χ3n) is 2.55. The smallest absolute Gasteiger partial charge is 0.273 e. The fraction of sp³-hybridized carbons (Fsp3) is 0.167. The summed E-state index contributed by atoms with van der Waals surface area (Å²) in [5, 5.41) is 0. The number of amides is 1. The standard InChI is InChI=1S/C12H13N5O2/c1-17(2)12(19)9-6-15-8(5-16-9)7-3-4-14-11(18)10(7)13/h3-6H,13H2,1-2H3,(H,14,18). The zero-order valence-electron chi connectivity index (χ0n) is 10.5. The molecule has 0 aliphatic rings. The molecule has 2 aromatic heterocycles. The van der Waals surface area contributed by atoms with E-state index >= 15 is 0 Å². The summed E-state index contributed by atoms with van der Waals surface area (Å²) in [6.07, 6.45) is 4.26. The first-order valence-electron chi connectivity index (χ1n) is 5.52. The minimum atomic E-state index is -0.382. The van der Waals surface area contributed by atoms with Crippen LogP contribution in [0.15, 0.2) is 29.5 Å². The Balaban J connectivity index is 2.41. The van der Waals surface area contributed by atoms with Gasteiger partial charge in [0.1, 0.15) is 11.4 Å². The Bertz CT molecular complexity index is 661. The van der Waals surface area contributed by atoms with Gasteiger partial charge in [0.05, 0.1) is 18.1 Å². The Hall–Kier alpha value is -2.70. The molecular weight excluding hydrogens is 246 g/mol. The molecule has 3 N–H and O–H groups in total. The molecule has 0 radical (unpaired) electrons. The van der Waals surface area contributed by atoms with Crippen LogP contribution in [0.25, 0.3) is 11.3 Å². The molecule has 0 aromatic carbocycles. The molecule has 2 rings (SSSR count). The molecule has 1 amide bonds. The maximum atomic E-state index is 11.7. The summed E-state index contributed by atoms with van der Waals surface area (Å²) in [6.45, 7) is 0. The summed E-state index contributed by atoms with van der Waals surface area (Å²) in [5.74, 6) is -0.238. The van der Waals surface area contributed by atoms with E-state index < -0.39 is 0 Å². The largest absolute Gasteiger partial charge is 0.394 e. The number of hydrogen-bond acceptors (Lipinski definition) is 5. The lowest BCUT2D eigenvalue weighted by Gasteiger charge is -2.09. The molecule has 0 atom stereocenters. The van der Waals surface area contributed by atoms with Gasteiger partial charge in [-0.1, -0.05) is 0 Å². The van der Waals surface area contributed by atoms with E-state index in [0.717, 1.165) is 0 Å².